The summed E-state index contributed by atoms with van der Waals surface area (Å²) < 4.78 is 162. The monoisotopic (exact) mass is 814 g/mol. The van der Waals surface area contributed by atoms with Gasteiger partial charge >= 0.3 is 24.7 Å². The van der Waals surface area contributed by atoms with E-state index in [1.54, 1.807) is 0 Å². The zero-order valence-corrected chi connectivity index (χ0v) is 30.0. The molecular weight excluding hydrogens is 772 g/mol. The number of aliphatic hydroxyl groups is 2. The molecule has 4 rings (SSSR count). The maximum absolute atomic E-state index is 13.5. The highest BCUT2D eigenvalue weighted by atomic mass is 19.4. The standard InChI is InChI=1S/C38H42F12N4O2/c39-35(40,41)27-15-11-13-23-25(19-31(37(45,46)47)53-33(23)27)29(55)21-51-17-9-7-5-3-1-2-4-6-8-10-18-52-22-30(56)26-20-32(38(48,49)50)54-34-24(26)14-12-16-28(34)36(42,43)44/h11-16,19-20,29-30,51-52,55-56H,1-10,17-18,21-22H2/t29-,30-/m1/s1. The van der Waals surface area contributed by atoms with Crippen molar-refractivity contribution in [2.24, 2.45) is 0 Å². The van der Waals surface area contributed by atoms with Gasteiger partial charge < -0.3 is 20.8 Å². The molecule has 2 aromatic heterocycles. The number of hydrogen-bond acceptors (Lipinski definition) is 6. The Morgan fingerprint density at radius 1 is 0.464 bits per heavy atom. The number of benzene rings is 2. The van der Waals surface area contributed by atoms with E-state index in [4.69, 9.17) is 0 Å². The van der Waals surface area contributed by atoms with Crippen LogP contribution in [0, 0.1) is 0 Å². The van der Waals surface area contributed by atoms with Gasteiger partial charge in [-0.2, -0.15) is 52.7 Å². The predicted molar refractivity (Wildman–Crippen MR) is 185 cm³/mol. The maximum Gasteiger partial charge on any atom is 0.433 e. The lowest BCUT2D eigenvalue weighted by atomic mass is 9.99. The van der Waals surface area contributed by atoms with Crippen LogP contribution in [0.3, 0.4) is 0 Å². The fraction of sp³-hybridized carbons (Fsp3) is 0.526. The minimum absolute atomic E-state index is 0.167. The van der Waals surface area contributed by atoms with Crippen molar-refractivity contribution in [1.82, 2.24) is 20.6 Å². The van der Waals surface area contributed by atoms with E-state index in [0.29, 0.717) is 50.2 Å². The van der Waals surface area contributed by atoms with E-state index in [0.717, 1.165) is 63.5 Å². The fourth-order valence-electron chi connectivity index (χ4n) is 6.46. The number of halogens is 12. The van der Waals surface area contributed by atoms with Crippen LogP contribution in [0.5, 0.6) is 0 Å². The Bertz CT molecular complexity index is 1740. The maximum atomic E-state index is 13.5. The van der Waals surface area contributed by atoms with Gasteiger partial charge in [-0.1, -0.05) is 75.6 Å². The summed E-state index contributed by atoms with van der Waals surface area (Å²) in [5.41, 5.74) is -8.05. The van der Waals surface area contributed by atoms with E-state index in [1.165, 1.54) is 12.1 Å². The Hall–Kier alpha value is -3.74. The molecule has 0 bridgehead atoms. The number of pyridine rings is 2. The molecule has 0 spiro atoms. The lowest BCUT2D eigenvalue weighted by molar-refractivity contribution is -0.142. The summed E-state index contributed by atoms with van der Waals surface area (Å²) in [5.74, 6) is 0. The molecule has 0 amide bonds. The van der Waals surface area contributed by atoms with E-state index in [2.05, 4.69) is 20.6 Å². The third-order valence-electron chi connectivity index (χ3n) is 9.29. The van der Waals surface area contributed by atoms with E-state index < -0.39 is 70.5 Å². The van der Waals surface area contributed by atoms with E-state index >= 15 is 0 Å². The van der Waals surface area contributed by atoms with Crippen molar-refractivity contribution in [3.05, 3.63) is 82.2 Å². The van der Waals surface area contributed by atoms with Gasteiger partial charge in [-0.3, -0.25) is 0 Å². The van der Waals surface area contributed by atoms with Crippen molar-refractivity contribution in [1.29, 1.82) is 0 Å². The molecule has 0 aliphatic rings. The van der Waals surface area contributed by atoms with Crippen LogP contribution in [0.15, 0.2) is 48.5 Å². The number of unbranched alkanes of at least 4 members (excludes halogenated alkanes) is 9. The number of nitrogens with zero attached hydrogens (tertiary/aromatic N) is 2. The van der Waals surface area contributed by atoms with Crippen LogP contribution in [0.25, 0.3) is 21.8 Å². The highest BCUT2D eigenvalue weighted by molar-refractivity contribution is 5.87. The highest BCUT2D eigenvalue weighted by Gasteiger charge is 2.39. The molecular formula is C38H42F12N4O2. The van der Waals surface area contributed by atoms with Gasteiger partial charge in [0, 0.05) is 23.9 Å². The molecule has 0 saturated carbocycles. The topological polar surface area (TPSA) is 90.3 Å². The van der Waals surface area contributed by atoms with Crippen molar-refractivity contribution >= 4 is 21.8 Å². The number of fused-ring (bicyclic) bond motifs is 2. The lowest BCUT2D eigenvalue weighted by Gasteiger charge is -2.19. The zero-order valence-electron chi connectivity index (χ0n) is 30.0. The molecule has 56 heavy (non-hydrogen) atoms. The largest absolute Gasteiger partial charge is 0.433 e. The van der Waals surface area contributed by atoms with Gasteiger partial charge in [0.05, 0.1) is 34.4 Å². The summed E-state index contributed by atoms with van der Waals surface area (Å²) in [4.78, 5) is 6.46. The van der Waals surface area contributed by atoms with Crippen molar-refractivity contribution in [2.45, 2.75) is 101 Å². The van der Waals surface area contributed by atoms with Gasteiger partial charge in [-0.15, -0.1) is 0 Å². The molecule has 4 N–H and O–H groups in total. The van der Waals surface area contributed by atoms with E-state index in [-0.39, 0.29) is 35.0 Å². The number of rotatable bonds is 19. The summed E-state index contributed by atoms with van der Waals surface area (Å²) in [6.07, 6.45) is -14.0. The van der Waals surface area contributed by atoms with E-state index in [9.17, 15) is 62.9 Å². The number of alkyl halides is 12. The quantitative estimate of drug-likeness (QED) is 0.0557. The average molecular weight is 815 g/mol. The lowest BCUT2D eigenvalue weighted by Crippen LogP contribution is -2.23. The molecule has 0 aliphatic carbocycles. The molecule has 0 aliphatic heterocycles. The van der Waals surface area contributed by atoms with Crippen molar-refractivity contribution in [3.8, 4) is 0 Å². The molecule has 0 radical (unpaired) electrons. The van der Waals surface area contributed by atoms with Gasteiger partial charge in [0.1, 0.15) is 11.4 Å². The first-order chi connectivity index (χ1) is 26.2. The van der Waals surface area contributed by atoms with Crippen molar-refractivity contribution in [3.63, 3.8) is 0 Å². The highest BCUT2D eigenvalue weighted by Crippen LogP contribution is 2.40. The van der Waals surface area contributed by atoms with Crippen LogP contribution in [0.1, 0.15) is 110 Å². The first kappa shape index (κ1) is 45.0. The summed E-state index contributed by atoms with van der Waals surface area (Å²) in [5, 5.41) is 26.8. The van der Waals surface area contributed by atoms with Crippen molar-refractivity contribution < 1.29 is 62.9 Å². The second kappa shape index (κ2) is 19.1. The molecule has 2 heterocycles. The zero-order chi connectivity index (χ0) is 41.3. The van der Waals surface area contributed by atoms with Gasteiger partial charge in [-0.25, -0.2) is 9.97 Å². The molecule has 0 fully saturated rings. The normalized spacial score (nSPS) is 14.2. The number of nitrogens with one attached hydrogen (secondary N) is 2. The van der Waals surface area contributed by atoms with Crippen LogP contribution < -0.4 is 10.6 Å². The smallest absolute Gasteiger partial charge is 0.387 e. The summed E-state index contributed by atoms with van der Waals surface area (Å²) >= 11 is 0. The molecule has 6 nitrogen and oxygen atoms in total. The second-order valence-electron chi connectivity index (χ2n) is 13.6. The Morgan fingerprint density at radius 2 is 0.786 bits per heavy atom. The molecule has 310 valence electrons. The van der Waals surface area contributed by atoms with Gasteiger partial charge in [0.25, 0.3) is 0 Å². The molecule has 0 unspecified atom stereocenters. The molecule has 0 saturated heterocycles. The summed E-state index contributed by atoms with van der Waals surface area (Å²) in [7, 11) is 0. The number of aliphatic hydroxyl groups excluding tert-OH is 2. The molecule has 2 aromatic carbocycles. The summed E-state index contributed by atoms with van der Waals surface area (Å²) in [6.45, 7) is 0.550. The second-order valence-corrected chi connectivity index (χ2v) is 13.6. The Kier molecular flexibility index (Phi) is 15.4. The fourth-order valence-corrected chi connectivity index (χ4v) is 6.46. The SMILES string of the molecule is O[C@H](CNCCCCCCCCCCCCNC[C@@H](O)c1cc(C(F)(F)F)nc2c(C(F)(F)F)cccc12)c1cc(C(F)(F)F)nc2c(C(F)(F)F)cccc12. The first-order valence-corrected chi connectivity index (χ1v) is 18.1. The Morgan fingerprint density at radius 3 is 1.09 bits per heavy atom. The van der Waals surface area contributed by atoms with Crippen LogP contribution in [0.2, 0.25) is 0 Å². The average Bonchev–Trinajstić information content (AvgIpc) is 3.11. The van der Waals surface area contributed by atoms with E-state index in [1.807, 2.05) is 0 Å². The minimum atomic E-state index is -5.02. The van der Waals surface area contributed by atoms with Crippen LogP contribution >= 0.6 is 0 Å². The van der Waals surface area contributed by atoms with Crippen LogP contribution in [0.4, 0.5) is 52.7 Å². The molecule has 2 atom stereocenters. The third kappa shape index (κ3) is 12.4. The Balaban J connectivity index is 1.09. The van der Waals surface area contributed by atoms with Gasteiger partial charge in [0.2, 0.25) is 0 Å². The number of hydrogen-bond donors (Lipinski definition) is 4. The molecule has 4 aromatic rings. The summed E-state index contributed by atoms with van der Waals surface area (Å²) in [6, 6.07) is 6.94. The minimum Gasteiger partial charge on any atom is -0.387 e. The van der Waals surface area contributed by atoms with Gasteiger partial charge in [-0.05, 0) is 61.3 Å². The molecule has 18 heteroatoms. The van der Waals surface area contributed by atoms with Crippen LogP contribution in [-0.2, 0) is 24.7 Å². The predicted octanol–water partition coefficient (Wildman–Crippen LogP) is 10.7. The van der Waals surface area contributed by atoms with Gasteiger partial charge in [0.15, 0.2) is 0 Å². The van der Waals surface area contributed by atoms with Crippen molar-refractivity contribution in [2.75, 3.05) is 26.2 Å². The number of aromatic nitrogens is 2. The van der Waals surface area contributed by atoms with Crippen LogP contribution in [-0.4, -0.2) is 46.4 Å². The first-order valence-electron chi connectivity index (χ1n) is 18.1. The number of para-hydroxylation sites is 2. The Labute approximate surface area is 314 Å². The third-order valence-corrected chi connectivity index (χ3v) is 9.29.